The smallest absolute Gasteiger partial charge is 0.410 e. The van der Waals surface area contributed by atoms with Crippen LogP contribution in [0.25, 0.3) is 0 Å². The number of methoxy groups -OCH3 is 1. The van der Waals surface area contributed by atoms with Crippen molar-refractivity contribution >= 4 is 12.1 Å². The number of carbonyl (C=O) groups is 1. The summed E-state index contributed by atoms with van der Waals surface area (Å²) in [5.41, 5.74) is 0.678. The molecule has 0 atom stereocenters. The lowest BCUT2D eigenvalue weighted by molar-refractivity contribution is 0.0147. The van der Waals surface area contributed by atoms with Crippen LogP contribution < -0.4 is 15.4 Å². The number of nitrogens with zero attached hydrogens (tertiary/aromatic N) is 3. The molecular weight excluding hydrogens is 382 g/mol. The first-order chi connectivity index (χ1) is 14.3. The first-order valence-electron chi connectivity index (χ1n) is 10.7. The van der Waals surface area contributed by atoms with Gasteiger partial charge in [0.05, 0.1) is 13.7 Å². The van der Waals surface area contributed by atoms with Crippen molar-refractivity contribution in [1.82, 2.24) is 20.4 Å². The van der Waals surface area contributed by atoms with E-state index in [4.69, 9.17) is 9.47 Å². The Kier molecular flexibility index (Phi) is 9.23. The molecule has 2 N–H and O–H groups in total. The summed E-state index contributed by atoms with van der Waals surface area (Å²) in [5.74, 6) is 1.65. The molecule has 1 fully saturated rings. The van der Waals surface area contributed by atoms with Gasteiger partial charge in [0.15, 0.2) is 5.96 Å². The molecule has 8 heteroatoms. The average Bonchev–Trinajstić information content (AvgIpc) is 2.71. The molecular formula is C22H37N5O3. The Labute approximate surface area is 180 Å². The topological polar surface area (TPSA) is 78.4 Å². The lowest BCUT2D eigenvalue weighted by Gasteiger charge is -2.35. The van der Waals surface area contributed by atoms with E-state index in [-0.39, 0.29) is 6.09 Å². The molecule has 1 amide bonds. The normalized spacial score (nSPS) is 15.6. The van der Waals surface area contributed by atoms with Crippen LogP contribution in [0.4, 0.5) is 4.79 Å². The van der Waals surface area contributed by atoms with Gasteiger partial charge in [0, 0.05) is 45.8 Å². The van der Waals surface area contributed by atoms with Crippen molar-refractivity contribution in [2.45, 2.75) is 39.8 Å². The minimum absolute atomic E-state index is 0.222. The van der Waals surface area contributed by atoms with Crippen LogP contribution in [-0.4, -0.2) is 80.4 Å². The third-order valence-corrected chi connectivity index (χ3v) is 4.67. The van der Waals surface area contributed by atoms with E-state index in [0.29, 0.717) is 19.6 Å². The number of guanidine groups is 1. The van der Waals surface area contributed by atoms with Gasteiger partial charge in [0.25, 0.3) is 0 Å². The van der Waals surface area contributed by atoms with E-state index in [1.807, 2.05) is 45.0 Å². The molecule has 1 aromatic carbocycles. The fourth-order valence-corrected chi connectivity index (χ4v) is 3.06. The number of benzene rings is 1. The summed E-state index contributed by atoms with van der Waals surface area (Å²) in [6, 6.07) is 7.94. The Morgan fingerprint density at radius 1 is 1.10 bits per heavy atom. The van der Waals surface area contributed by atoms with Crippen molar-refractivity contribution in [2.75, 3.05) is 52.9 Å². The van der Waals surface area contributed by atoms with E-state index in [1.54, 1.807) is 12.0 Å². The minimum atomic E-state index is -0.452. The fraction of sp³-hybridized carbons (Fsp3) is 0.636. The molecule has 0 saturated carbocycles. The first-order valence-corrected chi connectivity index (χ1v) is 10.7. The monoisotopic (exact) mass is 419 g/mol. The molecule has 0 aromatic heterocycles. The molecule has 1 heterocycles. The van der Waals surface area contributed by atoms with Gasteiger partial charge in [-0.25, -0.2) is 9.79 Å². The number of rotatable bonds is 7. The van der Waals surface area contributed by atoms with Gasteiger partial charge >= 0.3 is 6.09 Å². The maximum atomic E-state index is 12.2. The second-order valence-electron chi connectivity index (χ2n) is 8.28. The molecule has 1 saturated heterocycles. The SMILES string of the molecule is CCNC(=NCc1ccc(OC)cc1)NCCN1CCN(C(=O)OC(C)(C)C)CC1. The summed E-state index contributed by atoms with van der Waals surface area (Å²) in [4.78, 5) is 21.0. The van der Waals surface area contributed by atoms with Crippen molar-refractivity contribution in [1.29, 1.82) is 0 Å². The summed E-state index contributed by atoms with van der Waals surface area (Å²) in [5, 5.41) is 6.68. The molecule has 1 aliphatic heterocycles. The zero-order valence-electron chi connectivity index (χ0n) is 19.0. The van der Waals surface area contributed by atoms with E-state index < -0.39 is 5.60 Å². The lowest BCUT2D eigenvalue weighted by atomic mass is 10.2. The predicted octanol–water partition coefficient (Wildman–Crippen LogP) is 2.30. The number of amides is 1. The summed E-state index contributed by atoms with van der Waals surface area (Å²) in [6.45, 7) is 13.9. The van der Waals surface area contributed by atoms with E-state index in [0.717, 1.165) is 50.0 Å². The van der Waals surface area contributed by atoms with Crippen molar-refractivity contribution in [3.63, 3.8) is 0 Å². The van der Waals surface area contributed by atoms with Gasteiger partial charge in [-0.1, -0.05) is 12.1 Å². The van der Waals surface area contributed by atoms with Crippen LogP contribution in [0, 0.1) is 0 Å². The first kappa shape index (κ1) is 23.8. The van der Waals surface area contributed by atoms with E-state index >= 15 is 0 Å². The molecule has 2 rings (SSSR count). The largest absolute Gasteiger partial charge is 0.497 e. The van der Waals surface area contributed by atoms with Crippen LogP contribution in [-0.2, 0) is 11.3 Å². The van der Waals surface area contributed by atoms with Crippen LogP contribution in [0.1, 0.15) is 33.3 Å². The Bertz CT molecular complexity index is 677. The van der Waals surface area contributed by atoms with E-state index in [9.17, 15) is 4.79 Å². The summed E-state index contributed by atoms with van der Waals surface area (Å²) >= 11 is 0. The molecule has 0 unspecified atom stereocenters. The molecule has 1 aliphatic rings. The molecule has 0 aliphatic carbocycles. The number of hydrogen-bond acceptors (Lipinski definition) is 5. The van der Waals surface area contributed by atoms with Gasteiger partial charge in [0.1, 0.15) is 11.4 Å². The van der Waals surface area contributed by atoms with Crippen LogP contribution in [0.3, 0.4) is 0 Å². The third kappa shape index (κ3) is 8.49. The van der Waals surface area contributed by atoms with Crippen LogP contribution in [0.5, 0.6) is 5.75 Å². The molecule has 0 spiro atoms. The van der Waals surface area contributed by atoms with Crippen molar-refractivity contribution in [3.05, 3.63) is 29.8 Å². The Balaban J connectivity index is 1.73. The summed E-state index contributed by atoms with van der Waals surface area (Å²) < 4.78 is 10.6. The van der Waals surface area contributed by atoms with Crippen molar-refractivity contribution in [3.8, 4) is 5.75 Å². The minimum Gasteiger partial charge on any atom is -0.497 e. The molecule has 0 radical (unpaired) electrons. The maximum absolute atomic E-state index is 12.2. The molecule has 30 heavy (non-hydrogen) atoms. The highest BCUT2D eigenvalue weighted by atomic mass is 16.6. The van der Waals surface area contributed by atoms with Gasteiger partial charge in [-0.3, -0.25) is 4.90 Å². The zero-order chi connectivity index (χ0) is 22.0. The number of hydrogen-bond donors (Lipinski definition) is 2. The predicted molar refractivity (Wildman–Crippen MR) is 120 cm³/mol. The summed E-state index contributed by atoms with van der Waals surface area (Å²) in [7, 11) is 1.66. The Morgan fingerprint density at radius 2 is 1.77 bits per heavy atom. The molecule has 1 aromatic rings. The lowest BCUT2D eigenvalue weighted by Crippen LogP contribution is -2.51. The second-order valence-corrected chi connectivity index (χ2v) is 8.28. The Hall–Kier alpha value is -2.48. The van der Waals surface area contributed by atoms with Crippen LogP contribution in [0.15, 0.2) is 29.3 Å². The number of aliphatic imine (C=N–C) groups is 1. The number of ether oxygens (including phenoxy) is 2. The van der Waals surface area contributed by atoms with Gasteiger partial charge in [0.2, 0.25) is 0 Å². The maximum Gasteiger partial charge on any atom is 0.410 e. The number of carbonyl (C=O) groups excluding carboxylic acids is 1. The van der Waals surface area contributed by atoms with E-state index in [2.05, 4.69) is 27.4 Å². The van der Waals surface area contributed by atoms with Crippen molar-refractivity contribution < 1.29 is 14.3 Å². The summed E-state index contributed by atoms with van der Waals surface area (Å²) in [6.07, 6.45) is -0.222. The quantitative estimate of drug-likeness (QED) is 0.522. The molecule has 168 valence electrons. The second kappa shape index (κ2) is 11.6. The highest BCUT2D eigenvalue weighted by molar-refractivity contribution is 5.79. The van der Waals surface area contributed by atoms with Gasteiger partial charge in [-0.2, -0.15) is 0 Å². The van der Waals surface area contributed by atoms with Gasteiger partial charge in [-0.15, -0.1) is 0 Å². The molecule has 0 bridgehead atoms. The van der Waals surface area contributed by atoms with Crippen LogP contribution in [0.2, 0.25) is 0 Å². The Morgan fingerprint density at radius 3 is 2.33 bits per heavy atom. The van der Waals surface area contributed by atoms with Gasteiger partial charge in [-0.05, 0) is 45.4 Å². The van der Waals surface area contributed by atoms with Gasteiger partial charge < -0.3 is 25.0 Å². The zero-order valence-corrected chi connectivity index (χ0v) is 19.0. The highest BCUT2D eigenvalue weighted by Gasteiger charge is 2.25. The number of nitrogens with one attached hydrogen (secondary N) is 2. The third-order valence-electron chi connectivity index (χ3n) is 4.67. The molecule has 8 nitrogen and oxygen atoms in total. The highest BCUT2D eigenvalue weighted by Crippen LogP contribution is 2.12. The average molecular weight is 420 g/mol. The van der Waals surface area contributed by atoms with E-state index in [1.165, 1.54) is 0 Å². The standard InChI is InChI=1S/C22H37N5O3/c1-6-23-20(25-17-18-7-9-19(29-5)10-8-18)24-11-12-26-13-15-27(16-14-26)21(28)30-22(2,3)4/h7-10H,6,11-17H2,1-5H3,(H2,23,24,25). The van der Waals surface area contributed by atoms with Crippen LogP contribution >= 0.6 is 0 Å². The fourth-order valence-electron chi connectivity index (χ4n) is 3.06. The van der Waals surface area contributed by atoms with Crippen molar-refractivity contribution in [2.24, 2.45) is 4.99 Å². The number of piperazine rings is 1.